The molecule has 2 aromatic carbocycles. The van der Waals surface area contributed by atoms with Crippen LogP contribution < -0.4 is 10.1 Å². The summed E-state index contributed by atoms with van der Waals surface area (Å²) in [7, 11) is 3.82. The highest BCUT2D eigenvalue weighted by molar-refractivity contribution is 6.02. The summed E-state index contributed by atoms with van der Waals surface area (Å²) in [6, 6.07) is 16.4. The average molecular weight is 379 g/mol. The van der Waals surface area contributed by atoms with Crippen molar-refractivity contribution in [3.63, 3.8) is 0 Å². The number of anilines is 1. The molecule has 0 radical (unpaired) electrons. The maximum absolute atomic E-state index is 12.5. The fraction of sp³-hybridized carbons (Fsp3) is 0.375. The maximum atomic E-state index is 12.5. The van der Waals surface area contributed by atoms with E-state index in [9.17, 15) is 4.79 Å². The number of hydrogen-bond acceptors (Lipinski definition) is 3. The molecule has 1 aliphatic carbocycles. The Morgan fingerprint density at radius 3 is 2.61 bits per heavy atom. The van der Waals surface area contributed by atoms with E-state index in [2.05, 4.69) is 23.3 Å². The number of nitrogens with one attached hydrogen (secondary N) is 1. The van der Waals surface area contributed by atoms with Crippen molar-refractivity contribution < 1.29 is 9.53 Å². The predicted octanol–water partition coefficient (Wildman–Crippen LogP) is 5.11. The van der Waals surface area contributed by atoms with E-state index in [4.69, 9.17) is 4.74 Å². The fourth-order valence-corrected chi connectivity index (χ4v) is 3.84. The van der Waals surface area contributed by atoms with E-state index in [0.29, 0.717) is 6.04 Å². The molecular formula is C24H30N2O2. The first-order valence-corrected chi connectivity index (χ1v) is 10.1. The van der Waals surface area contributed by atoms with Gasteiger partial charge in [-0.1, -0.05) is 55.7 Å². The van der Waals surface area contributed by atoms with Crippen LogP contribution in [0.4, 0.5) is 5.69 Å². The zero-order valence-corrected chi connectivity index (χ0v) is 16.9. The van der Waals surface area contributed by atoms with Crippen molar-refractivity contribution >= 4 is 17.7 Å². The van der Waals surface area contributed by atoms with E-state index >= 15 is 0 Å². The van der Waals surface area contributed by atoms with E-state index in [1.165, 1.54) is 32.1 Å². The lowest BCUT2D eigenvalue weighted by Crippen LogP contribution is -2.33. The molecule has 4 heteroatoms. The normalized spacial score (nSPS) is 15.1. The van der Waals surface area contributed by atoms with Gasteiger partial charge >= 0.3 is 0 Å². The quantitative estimate of drug-likeness (QED) is 0.681. The zero-order chi connectivity index (χ0) is 19.8. The summed E-state index contributed by atoms with van der Waals surface area (Å²) in [4.78, 5) is 14.9. The van der Waals surface area contributed by atoms with E-state index in [1.807, 2.05) is 42.5 Å². The third-order valence-corrected chi connectivity index (χ3v) is 5.45. The van der Waals surface area contributed by atoms with Crippen LogP contribution in [0.5, 0.6) is 5.75 Å². The van der Waals surface area contributed by atoms with Crippen LogP contribution in [0.3, 0.4) is 0 Å². The van der Waals surface area contributed by atoms with Gasteiger partial charge in [0.1, 0.15) is 5.75 Å². The number of ether oxygens (including phenoxy) is 1. The molecule has 0 saturated heterocycles. The number of para-hydroxylation sites is 2. The number of methoxy groups -OCH3 is 1. The molecule has 0 spiro atoms. The SMILES string of the molecule is COc1ccccc1/C=C/C(=O)Nc1ccccc1CN(C)C1CCCCC1. The monoisotopic (exact) mass is 378 g/mol. The second-order valence-corrected chi connectivity index (χ2v) is 7.43. The summed E-state index contributed by atoms with van der Waals surface area (Å²) in [5.74, 6) is 0.611. The van der Waals surface area contributed by atoms with E-state index in [0.717, 1.165) is 29.1 Å². The highest BCUT2D eigenvalue weighted by Crippen LogP contribution is 2.25. The van der Waals surface area contributed by atoms with Crippen molar-refractivity contribution in [2.24, 2.45) is 0 Å². The lowest BCUT2D eigenvalue weighted by atomic mass is 9.94. The first-order chi connectivity index (χ1) is 13.7. The van der Waals surface area contributed by atoms with Crippen LogP contribution in [0, 0.1) is 0 Å². The number of rotatable bonds is 7. The maximum Gasteiger partial charge on any atom is 0.248 e. The standard InChI is InChI=1S/C24H30N2O2/c1-26(21-12-4-3-5-13-21)18-20-11-6-8-14-22(20)25-24(27)17-16-19-10-7-9-15-23(19)28-2/h6-11,14-17,21H,3-5,12-13,18H2,1-2H3,(H,25,27)/b17-16+. The second kappa shape index (κ2) is 10.1. The summed E-state index contributed by atoms with van der Waals surface area (Å²) < 4.78 is 5.33. The molecule has 3 rings (SSSR count). The Hall–Kier alpha value is -2.59. The van der Waals surface area contributed by atoms with Gasteiger partial charge in [-0.15, -0.1) is 0 Å². The number of benzene rings is 2. The van der Waals surface area contributed by atoms with Gasteiger partial charge in [-0.3, -0.25) is 9.69 Å². The van der Waals surface area contributed by atoms with Gasteiger partial charge < -0.3 is 10.1 Å². The molecule has 1 amide bonds. The summed E-state index contributed by atoms with van der Waals surface area (Å²) in [6.45, 7) is 0.845. The van der Waals surface area contributed by atoms with Crippen molar-refractivity contribution in [3.05, 3.63) is 65.7 Å². The molecule has 0 aromatic heterocycles. The van der Waals surface area contributed by atoms with Crippen LogP contribution in [-0.4, -0.2) is 31.0 Å². The molecular weight excluding hydrogens is 348 g/mol. The third-order valence-electron chi connectivity index (χ3n) is 5.45. The molecule has 1 fully saturated rings. The van der Waals surface area contributed by atoms with Gasteiger partial charge in [0.2, 0.25) is 5.91 Å². The first-order valence-electron chi connectivity index (χ1n) is 10.1. The smallest absolute Gasteiger partial charge is 0.248 e. The molecule has 0 aliphatic heterocycles. The number of nitrogens with zero attached hydrogens (tertiary/aromatic N) is 1. The molecule has 4 nitrogen and oxygen atoms in total. The van der Waals surface area contributed by atoms with Gasteiger partial charge in [0, 0.05) is 29.9 Å². The lowest BCUT2D eigenvalue weighted by molar-refractivity contribution is -0.111. The number of carbonyl (C=O) groups excluding carboxylic acids is 1. The highest BCUT2D eigenvalue weighted by Gasteiger charge is 2.19. The van der Waals surface area contributed by atoms with Crippen LogP contribution >= 0.6 is 0 Å². The van der Waals surface area contributed by atoms with Gasteiger partial charge in [-0.05, 0) is 43.7 Å². The molecule has 0 atom stereocenters. The van der Waals surface area contributed by atoms with E-state index < -0.39 is 0 Å². The lowest BCUT2D eigenvalue weighted by Gasteiger charge is -2.31. The van der Waals surface area contributed by atoms with Gasteiger partial charge in [0.15, 0.2) is 0 Å². The van der Waals surface area contributed by atoms with Crippen molar-refractivity contribution in [1.29, 1.82) is 0 Å². The molecule has 2 aromatic rings. The Kier molecular flexibility index (Phi) is 7.26. The summed E-state index contributed by atoms with van der Waals surface area (Å²) in [5.41, 5.74) is 2.90. The van der Waals surface area contributed by atoms with E-state index in [-0.39, 0.29) is 5.91 Å². The van der Waals surface area contributed by atoms with Crippen LogP contribution in [0.2, 0.25) is 0 Å². The largest absolute Gasteiger partial charge is 0.496 e. The molecule has 1 aliphatic rings. The van der Waals surface area contributed by atoms with Crippen molar-refractivity contribution in [2.75, 3.05) is 19.5 Å². The number of carbonyl (C=O) groups is 1. The predicted molar refractivity (Wildman–Crippen MR) is 115 cm³/mol. The molecule has 28 heavy (non-hydrogen) atoms. The second-order valence-electron chi connectivity index (χ2n) is 7.43. The summed E-state index contributed by atoms with van der Waals surface area (Å²) in [5, 5.41) is 3.03. The summed E-state index contributed by atoms with van der Waals surface area (Å²) >= 11 is 0. The number of amides is 1. The van der Waals surface area contributed by atoms with Gasteiger partial charge in [-0.25, -0.2) is 0 Å². The topological polar surface area (TPSA) is 41.6 Å². The Bertz CT molecular complexity index is 810. The molecule has 1 N–H and O–H groups in total. The molecule has 0 heterocycles. The molecule has 0 bridgehead atoms. The van der Waals surface area contributed by atoms with Crippen LogP contribution in [0.1, 0.15) is 43.2 Å². The van der Waals surface area contributed by atoms with Crippen LogP contribution in [-0.2, 0) is 11.3 Å². The first kappa shape index (κ1) is 20.2. The summed E-state index contributed by atoms with van der Waals surface area (Å²) in [6.07, 6.45) is 9.88. The van der Waals surface area contributed by atoms with Gasteiger partial charge in [-0.2, -0.15) is 0 Å². The fourth-order valence-electron chi connectivity index (χ4n) is 3.84. The molecule has 0 unspecified atom stereocenters. The minimum Gasteiger partial charge on any atom is -0.496 e. The Labute approximate surface area is 168 Å². The van der Waals surface area contributed by atoms with Crippen molar-refractivity contribution in [3.8, 4) is 5.75 Å². The van der Waals surface area contributed by atoms with Gasteiger partial charge in [0.05, 0.1) is 7.11 Å². The highest BCUT2D eigenvalue weighted by atomic mass is 16.5. The van der Waals surface area contributed by atoms with Crippen LogP contribution in [0.15, 0.2) is 54.6 Å². The van der Waals surface area contributed by atoms with Crippen molar-refractivity contribution in [1.82, 2.24) is 4.90 Å². The van der Waals surface area contributed by atoms with E-state index in [1.54, 1.807) is 19.3 Å². The molecule has 1 saturated carbocycles. The average Bonchev–Trinajstić information content (AvgIpc) is 2.74. The minimum absolute atomic E-state index is 0.140. The van der Waals surface area contributed by atoms with Crippen molar-refractivity contribution in [2.45, 2.75) is 44.7 Å². The Morgan fingerprint density at radius 2 is 1.82 bits per heavy atom. The minimum atomic E-state index is -0.140. The Balaban J connectivity index is 1.65. The van der Waals surface area contributed by atoms with Gasteiger partial charge in [0.25, 0.3) is 0 Å². The molecule has 148 valence electrons. The third kappa shape index (κ3) is 5.46. The zero-order valence-electron chi connectivity index (χ0n) is 16.9. The number of hydrogen-bond donors (Lipinski definition) is 1. The Morgan fingerprint density at radius 1 is 1.11 bits per heavy atom. The van der Waals surface area contributed by atoms with Crippen LogP contribution in [0.25, 0.3) is 6.08 Å².